The quantitative estimate of drug-likeness (QED) is 0.560. The Kier molecular flexibility index (Phi) is 7.43. The standard InChI is InChI=1S/C19H30O3/c1-4-5-6-7-8-9-10-14-19(2,3)16-13-11-12-15(17(16)20)18(21)22/h11-13,20H,4-10,14H2,1-3H3,(H,21,22). The van der Waals surface area contributed by atoms with Gasteiger partial charge in [0.15, 0.2) is 0 Å². The van der Waals surface area contributed by atoms with Crippen LogP contribution in [0.25, 0.3) is 0 Å². The highest BCUT2D eigenvalue weighted by Gasteiger charge is 2.26. The van der Waals surface area contributed by atoms with Crippen LogP contribution in [0.2, 0.25) is 0 Å². The van der Waals surface area contributed by atoms with Gasteiger partial charge in [-0.2, -0.15) is 0 Å². The predicted molar refractivity (Wildman–Crippen MR) is 90.7 cm³/mol. The van der Waals surface area contributed by atoms with Gasteiger partial charge in [0.2, 0.25) is 0 Å². The van der Waals surface area contributed by atoms with E-state index >= 15 is 0 Å². The molecule has 1 rings (SSSR count). The summed E-state index contributed by atoms with van der Waals surface area (Å²) in [6.45, 7) is 6.37. The van der Waals surface area contributed by atoms with Crippen LogP contribution in [0.5, 0.6) is 5.75 Å². The molecule has 0 aliphatic carbocycles. The third-order valence-electron chi connectivity index (χ3n) is 4.40. The van der Waals surface area contributed by atoms with Gasteiger partial charge in [-0.1, -0.05) is 77.8 Å². The number of para-hydroxylation sites is 1. The van der Waals surface area contributed by atoms with E-state index in [-0.39, 0.29) is 16.7 Å². The fraction of sp³-hybridized carbons (Fsp3) is 0.632. The van der Waals surface area contributed by atoms with E-state index in [1.54, 1.807) is 6.07 Å². The van der Waals surface area contributed by atoms with Crippen molar-refractivity contribution in [3.05, 3.63) is 29.3 Å². The first-order valence-corrected chi connectivity index (χ1v) is 8.46. The number of unbranched alkanes of at least 4 members (excludes halogenated alkanes) is 6. The summed E-state index contributed by atoms with van der Waals surface area (Å²) in [7, 11) is 0. The van der Waals surface area contributed by atoms with Crippen molar-refractivity contribution in [1.82, 2.24) is 0 Å². The van der Waals surface area contributed by atoms with Crippen LogP contribution >= 0.6 is 0 Å². The molecule has 0 saturated carbocycles. The maximum atomic E-state index is 11.1. The molecular formula is C19H30O3. The minimum atomic E-state index is -1.08. The zero-order valence-electron chi connectivity index (χ0n) is 14.2. The molecule has 1 aromatic carbocycles. The fourth-order valence-corrected chi connectivity index (χ4v) is 2.92. The van der Waals surface area contributed by atoms with E-state index < -0.39 is 5.97 Å². The van der Waals surface area contributed by atoms with Crippen LogP contribution in [0, 0.1) is 0 Å². The Labute approximate surface area is 134 Å². The summed E-state index contributed by atoms with van der Waals surface area (Å²) in [6, 6.07) is 5.00. The van der Waals surface area contributed by atoms with Crippen molar-refractivity contribution in [3.63, 3.8) is 0 Å². The summed E-state index contributed by atoms with van der Waals surface area (Å²) < 4.78 is 0. The van der Waals surface area contributed by atoms with Gasteiger partial charge in [-0.25, -0.2) is 4.79 Å². The van der Waals surface area contributed by atoms with Gasteiger partial charge in [-0.3, -0.25) is 0 Å². The third kappa shape index (κ3) is 5.36. The Morgan fingerprint density at radius 3 is 2.23 bits per heavy atom. The van der Waals surface area contributed by atoms with Gasteiger partial charge in [0.1, 0.15) is 11.3 Å². The molecule has 0 unspecified atom stereocenters. The molecule has 0 aliphatic rings. The van der Waals surface area contributed by atoms with Crippen molar-refractivity contribution >= 4 is 5.97 Å². The van der Waals surface area contributed by atoms with Crippen LogP contribution in [0.4, 0.5) is 0 Å². The molecule has 0 bridgehead atoms. The number of carboxylic acid groups (broad SMARTS) is 1. The van der Waals surface area contributed by atoms with Crippen LogP contribution in [0.15, 0.2) is 18.2 Å². The summed E-state index contributed by atoms with van der Waals surface area (Å²) >= 11 is 0. The largest absolute Gasteiger partial charge is 0.507 e. The lowest BCUT2D eigenvalue weighted by atomic mass is 9.78. The number of rotatable bonds is 10. The summed E-state index contributed by atoms with van der Waals surface area (Å²) in [5.74, 6) is -1.16. The third-order valence-corrected chi connectivity index (χ3v) is 4.40. The molecule has 1 aromatic rings. The average Bonchev–Trinajstić information content (AvgIpc) is 2.46. The molecule has 0 radical (unpaired) electrons. The maximum Gasteiger partial charge on any atom is 0.339 e. The van der Waals surface area contributed by atoms with Gasteiger partial charge < -0.3 is 10.2 Å². The Hall–Kier alpha value is -1.51. The molecule has 0 heterocycles. The molecule has 0 fully saturated rings. The van der Waals surface area contributed by atoms with Gasteiger partial charge in [0.25, 0.3) is 0 Å². The van der Waals surface area contributed by atoms with Crippen molar-refractivity contribution in [1.29, 1.82) is 0 Å². The lowest BCUT2D eigenvalue weighted by molar-refractivity contribution is 0.0693. The minimum absolute atomic E-state index is 0.00913. The zero-order valence-corrected chi connectivity index (χ0v) is 14.2. The van der Waals surface area contributed by atoms with Crippen LogP contribution < -0.4 is 0 Å². The minimum Gasteiger partial charge on any atom is -0.507 e. The zero-order chi connectivity index (χ0) is 16.6. The van der Waals surface area contributed by atoms with Gasteiger partial charge in [-0.05, 0) is 17.9 Å². The normalized spacial score (nSPS) is 11.6. The fourth-order valence-electron chi connectivity index (χ4n) is 2.92. The number of aromatic hydroxyl groups is 1. The van der Waals surface area contributed by atoms with Gasteiger partial charge in [-0.15, -0.1) is 0 Å². The van der Waals surface area contributed by atoms with E-state index in [9.17, 15) is 9.90 Å². The van der Waals surface area contributed by atoms with Crippen molar-refractivity contribution in [2.24, 2.45) is 0 Å². The summed E-state index contributed by atoms with van der Waals surface area (Å²) in [4.78, 5) is 11.1. The van der Waals surface area contributed by atoms with Gasteiger partial charge >= 0.3 is 5.97 Å². The number of hydrogen-bond acceptors (Lipinski definition) is 2. The second-order valence-electron chi connectivity index (χ2n) is 6.76. The number of carboxylic acids is 1. The van der Waals surface area contributed by atoms with E-state index in [1.807, 2.05) is 6.07 Å². The van der Waals surface area contributed by atoms with Gasteiger partial charge in [0.05, 0.1) is 0 Å². The molecular weight excluding hydrogens is 276 g/mol. The monoisotopic (exact) mass is 306 g/mol. The molecule has 0 saturated heterocycles. The molecule has 22 heavy (non-hydrogen) atoms. The molecule has 0 aromatic heterocycles. The number of aromatic carboxylic acids is 1. The van der Waals surface area contributed by atoms with E-state index in [0.717, 1.165) is 18.4 Å². The first kappa shape index (κ1) is 18.5. The molecule has 0 spiro atoms. The lowest BCUT2D eigenvalue weighted by Crippen LogP contribution is -2.18. The average molecular weight is 306 g/mol. The van der Waals surface area contributed by atoms with E-state index in [1.165, 1.54) is 44.6 Å². The second kappa shape index (κ2) is 8.82. The SMILES string of the molecule is CCCCCCCCCC(C)(C)c1cccc(C(=O)O)c1O. The molecule has 2 N–H and O–H groups in total. The molecule has 3 nitrogen and oxygen atoms in total. The van der Waals surface area contributed by atoms with Crippen molar-refractivity contribution < 1.29 is 15.0 Å². The molecule has 0 aliphatic heterocycles. The first-order valence-electron chi connectivity index (χ1n) is 8.46. The smallest absolute Gasteiger partial charge is 0.339 e. The number of phenols is 1. The van der Waals surface area contributed by atoms with Crippen molar-refractivity contribution in [3.8, 4) is 5.75 Å². The van der Waals surface area contributed by atoms with Crippen LogP contribution in [-0.2, 0) is 5.41 Å². The van der Waals surface area contributed by atoms with Crippen LogP contribution in [0.1, 0.15) is 88.1 Å². The molecule has 0 atom stereocenters. The molecule has 0 amide bonds. The number of carbonyl (C=O) groups is 1. The topological polar surface area (TPSA) is 57.5 Å². The summed E-state index contributed by atoms with van der Waals surface area (Å²) in [6.07, 6.45) is 9.74. The number of benzene rings is 1. The summed E-state index contributed by atoms with van der Waals surface area (Å²) in [5, 5.41) is 19.3. The lowest BCUT2D eigenvalue weighted by Gasteiger charge is -2.26. The Morgan fingerprint density at radius 2 is 1.64 bits per heavy atom. The summed E-state index contributed by atoms with van der Waals surface area (Å²) in [5.41, 5.74) is 0.516. The van der Waals surface area contributed by atoms with E-state index in [4.69, 9.17) is 5.11 Å². The van der Waals surface area contributed by atoms with Crippen molar-refractivity contribution in [2.45, 2.75) is 77.6 Å². The number of hydrogen-bond donors (Lipinski definition) is 2. The predicted octanol–water partition coefficient (Wildman–Crippen LogP) is 5.51. The Balaban J connectivity index is 2.56. The highest BCUT2D eigenvalue weighted by Crippen LogP contribution is 2.37. The highest BCUT2D eigenvalue weighted by molar-refractivity contribution is 5.91. The molecule has 124 valence electrons. The maximum absolute atomic E-state index is 11.1. The van der Waals surface area contributed by atoms with Crippen molar-refractivity contribution in [2.75, 3.05) is 0 Å². The van der Waals surface area contributed by atoms with Crippen LogP contribution in [0.3, 0.4) is 0 Å². The Morgan fingerprint density at radius 1 is 1.05 bits per heavy atom. The highest BCUT2D eigenvalue weighted by atomic mass is 16.4. The van der Waals surface area contributed by atoms with Crippen LogP contribution in [-0.4, -0.2) is 16.2 Å². The van der Waals surface area contributed by atoms with E-state index in [2.05, 4.69) is 20.8 Å². The van der Waals surface area contributed by atoms with E-state index in [0.29, 0.717) is 0 Å². The van der Waals surface area contributed by atoms with Gasteiger partial charge in [0, 0.05) is 5.56 Å². The Bertz CT molecular complexity index is 478. The first-order chi connectivity index (χ1) is 10.4. The molecule has 3 heteroatoms. The second-order valence-corrected chi connectivity index (χ2v) is 6.76.